The van der Waals surface area contributed by atoms with Gasteiger partial charge in [0.15, 0.2) is 0 Å². The van der Waals surface area contributed by atoms with Crippen LogP contribution in [0.3, 0.4) is 0 Å². The molecule has 0 spiro atoms. The molecule has 0 bridgehead atoms. The molecule has 8 nitrogen and oxygen atoms in total. The molecule has 1 aliphatic heterocycles. The van der Waals surface area contributed by atoms with Crippen LogP contribution in [0.15, 0.2) is 54.6 Å². The van der Waals surface area contributed by atoms with Crippen molar-refractivity contribution >= 4 is 39.5 Å². The van der Waals surface area contributed by atoms with Gasteiger partial charge in [-0.2, -0.15) is 0 Å². The van der Waals surface area contributed by atoms with Crippen LogP contribution in [0.5, 0.6) is 0 Å². The average molecular weight is 486 g/mol. The van der Waals surface area contributed by atoms with E-state index in [2.05, 4.69) is 24.1 Å². The van der Waals surface area contributed by atoms with Crippen molar-refractivity contribution in [2.75, 3.05) is 11.9 Å². The van der Waals surface area contributed by atoms with Gasteiger partial charge in [-0.1, -0.05) is 38.1 Å². The topological polar surface area (TPSA) is 113 Å². The molecule has 8 heteroatoms. The van der Waals surface area contributed by atoms with Gasteiger partial charge in [0.05, 0.1) is 12.2 Å². The van der Waals surface area contributed by atoms with Crippen molar-refractivity contribution < 1.29 is 14.7 Å². The van der Waals surface area contributed by atoms with Crippen LogP contribution in [0, 0.1) is 5.92 Å². The lowest BCUT2D eigenvalue weighted by atomic mass is 10.0. The molecular formula is C28H31N5O3. The van der Waals surface area contributed by atoms with E-state index in [1.54, 1.807) is 10.6 Å². The summed E-state index contributed by atoms with van der Waals surface area (Å²) < 4.78 is 1.71. The van der Waals surface area contributed by atoms with Crippen molar-refractivity contribution in [3.8, 4) is 0 Å². The molecule has 186 valence electrons. The first-order valence-electron chi connectivity index (χ1n) is 12.4. The van der Waals surface area contributed by atoms with Gasteiger partial charge in [0.2, 0.25) is 0 Å². The average Bonchev–Trinajstić information content (AvgIpc) is 3.49. The summed E-state index contributed by atoms with van der Waals surface area (Å²) in [5, 5.41) is 15.7. The summed E-state index contributed by atoms with van der Waals surface area (Å²) in [5.41, 5.74) is 8.80. The molecule has 1 saturated heterocycles. The summed E-state index contributed by atoms with van der Waals surface area (Å²) in [5.74, 6) is -0.627. The molecule has 4 N–H and O–H groups in total. The minimum Gasteiger partial charge on any atom is -0.477 e. The number of likely N-dealkylation sites (tertiary alicyclic amines) is 1. The summed E-state index contributed by atoms with van der Waals surface area (Å²) in [7, 11) is 0. The van der Waals surface area contributed by atoms with Crippen LogP contribution in [0.1, 0.15) is 48.4 Å². The number of nitrogens with one attached hydrogen (secondary N) is 1. The second-order valence-corrected chi connectivity index (χ2v) is 9.77. The van der Waals surface area contributed by atoms with Gasteiger partial charge in [-0.3, -0.25) is 0 Å². The molecule has 0 radical (unpaired) electrons. The predicted molar refractivity (Wildman–Crippen MR) is 141 cm³/mol. The Morgan fingerprint density at radius 2 is 1.94 bits per heavy atom. The molecular weight excluding hydrogens is 454 g/mol. The lowest BCUT2D eigenvalue weighted by molar-refractivity contribution is 0.0686. The fraction of sp³-hybridized carbons (Fsp3) is 0.321. The van der Waals surface area contributed by atoms with Crippen molar-refractivity contribution in [1.82, 2.24) is 14.5 Å². The summed E-state index contributed by atoms with van der Waals surface area (Å²) >= 11 is 0. The van der Waals surface area contributed by atoms with Gasteiger partial charge in [-0.25, -0.2) is 14.6 Å². The van der Waals surface area contributed by atoms with Crippen LogP contribution in [-0.4, -0.2) is 44.1 Å². The number of benzene rings is 2. The summed E-state index contributed by atoms with van der Waals surface area (Å²) in [6.45, 7) is 5.60. The van der Waals surface area contributed by atoms with Gasteiger partial charge in [0.25, 0.3) is 0 Å². The van der Waals surface area contributed by atoms with E-state index in [9.17, 15) is 14.7 Å². The van der Waals surface area contributed by atoms with E-state index in [1.165, 1.54) is 0 Å². The highest BCUT2D eigenvalue weighted by molar-refractivity contribution is 5.96. The van der Waals surface area contributed by atoms with Crippen LogP contribution >= 0.6 is 0 Å². The Bertz CT molecular complexity index is 1460. The van der Waals surface area contributed by atoms with Crippen LogP contribution in [0.4, 0.5) is 10.5 Å². The number of nitrogens with two attached hydrogens (primary N) is 1. The SMILES string of the molecule is CC(C)[C@H]1CCCN1C(=O)Nc1cc(Cn2c(C(=O)O)cc3ccc(CN)nc32)c2ccccc2c1. The maximum absolute atomic E-state index is 13.2. The number of carboxylic acid groups (broad SMARTS) is 1. The van der Waals surface area contributed by atoms with Gasteiger partial charge in [-0.05, 0) is 65.4 Å². The molecule has 2 aromatic heterocycles. The molecule has 2 aromatic carbocycles. The number of rotatable bonds is 6. The number of fused-ring (bicyclic) bond motifs is 2. The third-order valence-corrected chi connectivity index (χ3v) is 7.09. The largest absolute Gasteiger partial charge is 0.477 e. The van der Waals surface area contributed by atoms with Crippen LogP contribution in [0.2, 0.25) is 0 Å². The number of carboxylic acids is 1. The molecule has 4 aromatic rings. The fourth-order valence-electron chi connectivity index (χ4n) is 5.31. The highest BCUT2D eigenvalue weighted by Crippen LogP contribution is 2.29. The quantitative estimate of drug-likeness (QED) is 0.354. The number of aromatic carboxylic acids is 1. The molecule has 2 amide bonds. The number of hydrogen-bond donors (Lipinski definition) is 3. The monoisotopic (exact) mass is 485 g/mol. The highest BCUT2D eigenvalue weighted by Gasteiger charge is 2.31. The Morgan fingerprint density at radius 1 is 1.14 bits per heavy atom. The van der Waals surface area contributed by atoms with Crippen molar-refractivity contribution in [2.24, 2.45) is 11.7 Å². The maximum atomic E-state index is 13.2. The molecule has 0 aliphatic carbocycles. The third kappa shape index (κ3) is 4.40. The molecule has 1 atom stereocenters. The zero-order chi connectivity index (χ0) is 25.4. The Labute approximate surface area is 209 Å². The number of aromatic nitrogens is 2. The Balaban J connectivity index is 1.56. The normalized spacial score (nSPS) is 15.8. The highest BCUT2D eigenvalue weighted by atomic mass is 16.4. The molecule has 0 saturated carbocycles. The molecule has 36 heavy (non-hydrogen) atoms. The smallest absolute Gasteiger partial charge is 0.352 e. The molecule has 3 heterocycles. The molecule has 1 aliphatic rings. The standard InChI is InChI=1S/C28H31N5O3/c1-17(2)24-8-5-11-32(24)28(36)31-22-12-18-6-3-4-7-23(18)20(13-22)16-33-25(27(34)35)14-19-9-10-21(15-29)30-26(19)33/h3-4,6-7,9-10,12-14,17,24H,5,8,11,15-16,29H2,1-2H3,(H,31,36)(H,34,35)/t24-/m1/s1. The zero-order valence-electron chi connectivity index (χ0n) is 20.6. The second kappa shape index (κ2) is 9.62. The van der Waals surface area contributed by atoms with Crippen molar-refractivity contribution in [2.45, 2.75) is 45.8 Å². The Morgan fingerprint density at radius 3 is 2.69 bits per heavy atom. The lowest BCUT2D eigenvalue weighted by Crippen LogP contribution is -2.41. The van der Waals surface area contributed by atoms with E-state index < -0.39 is 5.97 Å². The minimum atomic E-state index is -1.02. The Kier molecular flexibility index (Phi) is 6.36. The van der Waals surface area contributed by atoms with E-state index >= 15 is 0 Å². The number of anilines is 1. The first kappa shape index (κ1) is 23.8. The number of nitrogens with zero attached hydrogens (tertiary/aromatic N) is 3. The van der Waals surface area contributed by atoms with Crippen LogP contribution in [0.25, 0.3) is 21.8 Å². The molecule has 0 unspecified atom stereocenters. The van der Waals surface area contributed by atoms with Gasteiger partial charge in [0.1, 0.15) is 11.3 Å². The number of pyridine rings is 1. The van der Waals surface area contributed by atoms with E-state index in [0.717, 1.165) is 41.1 Å². The zero-order valence-corrected chi connectivity index (χ0v) is 20.6. The van der Waals surface area contributed by atoms with E-state index in [0.29, 0.717) is 22.9 Å². The lowest BCUT2D eigenvalue weighted by Gasteiger charge is -2.28. The predicted octanol–water partition coefficient (Wildman–Crippen LogP) is 5.05. The maximum Gasteiger partial charge on any atom is 0.352 e. The number of hydrogen-bond acceptors (Lipinski definition) is 4. The summed E-state index contributed by atoms with van der Waals surface area (Å²) in [4.78, 5) is 31.9. The summed E-state index contributed by atoms with van der Waals surface area (Å²) in [6.07, 6.45) is 2.03. The first-order valence-corrected chi connectivity index (χ1v) is 12.4. The van der Waals surface area contributed by atoms with Crippen LogP contribution in [-0.2, 0) is 13.1 Å². The van der Waals surface area contributed by atoms with Gasteiger partial charge in [-0.15, -0.1) is 0 Å². The fourth-order valence-corrected chi connectivity index (χ4v) is 5.31. The first-order chi connectivity index (χ1) is 17.4. The second-order valence-electron chi connectivity index (χ2n) is 9.77. The number of carbonyl (C=O) groups excluding carboxylic acids is 1. The van der Waals surface area contributed by atoms with E-state index in [-0.39, 0.29) is 30.9 Å². The number of urea groups is 1. The summed E-state index contributed by atoms with van der Waals surface area (Å²) in [6, 6.07) is 17.3. The minimum absolute atomic E-state index is 0.0978. The Hall–Kier alpha value is -3.91. The van der Waals surface area contributed by atoms with E-state index in [4.69, 9.17) is 5.73 Å². The van der Waals surface area contributed by atoms with Crippen molar-refractivity contribution in [3.63, 3.8) is 0 Å². The van der Waals surface area contributed by atoms with E-state index in [1.807, 2.05) is 53.4 Å². The van der Waals surface area contributed by atoms with Crippen molar-refractivity contribution in [1.29, 1.82) is 0 Å². The van der Waals surface area contributed by atoms with Crippen LogP contribution < -0.4 is 11.1 Å². The third-order valence-electron chi connectivity index (χ3n) is 7.09. The number of carbonyl (C=O) groups is 2. The van der Waals surface area contributed by atoms with Crippen molar-refractivity contribution in [3.05, 3.63) is 71.5 Å². The van der Waals surface area contributed by atoms with Gasteiger partial charge < -0.3 is 25.6 Å². The molecule has 5 rings (SSSR count). The van der Waals surface area contributed by atoms with Gasteiger partial charge in [0, 0.05) is 30.2 Å². The molecule has 1 fully saturated rings. The number of amides is 2. The van der Waals surface area contributed by atoms with Gasteiger partial charge >= 0.3 is 12.0 Å².